The molecule has 0 unspecified atom stereocenters. The molecule has 132 valence electrons. The van der Waals surface area contributed by atoms with E-state index in [0.29, 0.717) is 20.8 Å². The average Bonchev–Trinajstić information content (AvgIpc) is 3.24. The van der Waals surface area contributed by atoms with Crippen LogP contribution in [-0.2, 0) is 0 Å². The van der Waals surface area contributed by atoms with Gasteiger partial charge in [-0.2, -0.15) is 9.61 Å². The fourth-order valence-corrected chi connectivity index (χ4v) is 4.32. The Hall–Kier alpha value is -2.54. The molecule has 5 rings (SSSR count). The molecular weight excluding hydrogens is 401 g/mol. The van der Waals surface area contributed by atoms with Crippen LogP contribution in [0.15, 0.2) is 48.7 Å². The molecule has 0 saturated heterocycles. The van der Waals surface area contributed by atoms with Gasteiger partial charge in [0.15, 0.2) is 10.8 Å². The molecule has 0 aliphatic carbocycles. The molecule has 2 aromatic carbocycles. The number of para-hydroxylation sites is 1. The SMILES string of the molecule is Cc1cccc2c(Cl)c(-c3nn4c(-c5ccc(Cl)cc5)nnc4s3)cnc12. The van der Waals surface area contributed by atoms with Gasteiger partial charge in [0, 0.05) is 22.2 Å². The van der Waals surface area contributed by atoms with E-state index in [1.807, 2.05) is 49.4 Å². The molecule has 0 N–H and O–H groups in total. The first-order valence-corrected chi connectivity index (χ1v) is 9.71. The van der Waals surface area contributed by atoms with Crippen LogP contribution in [0.25, 0.3) is 37.8 Å². The molecule has 0 amide bonds. The van der Waals surface area contributed by atoms with Crippen molar-refractivity contribution in [1.29, 1.82) is 0 Å². The quantitative estimate of drug-likeness (QED) is 0.374. The summed E-state index contributed by atoms with van der Waals surface area (Å²) >= 11 is 14.1. The second-order valence-corrected chi connectivity index (χ2v) is 7.86. The zero-order chi connectivity index (χ0) is 18.5. The molecule has 0 spiro atoms. The van der Waals surface area contributed by atoms with Crippen molar-refractivity contribution in [3.8, 4) is 22.0 Å². The van der Waals surface area contributed by atoms with Gasteiger partial charge >= 0.3 is 0 Å². The Balaban J connectivity index is 1.67. The average molecular weight is 412 g/mol. The molecule has 27 heavy (non-hydrogen) atoms. The molecule has 0 aliphatic rings. The molecule has 5 aromatic rings. The van der Waals surface area contributed by atoms with E-state index < -0.39 is 0 Å². The van der Waals surface area contributed by atoms with Gasteiger partial charge in [0.1, 0.15) is 0 Å². The maximum absolute atomic E-state index is 6.68. The highest BCUT2D eigenvalue weighted by Gasteiger charge is 2.18. The Morgan fingerprint density at radius 3 is 2.63 bits per heavy atom. The third-order valence-electron chi connectivity index (χ3n) is 4.36. The molecule has 0 radical (unpaired) electrons. The van der Waals surface area contributed by atoms with Gasteiger partial charge in [0.2, 0.25) is 4.96 Å². The van der Waals surface area contributed by atoms with Crippen LogP contribution in [0.4, 0.5) is 0 Å². The minimum Gasteiger partial charge on any atom is -0.255 e. The Bertz CT molecular complexity index is 1310. The first kappa shape index (κ1) is 16.6. The van der Waals surface area contributed by atoms with Gasteiger partial charge in [-0.25, -0.2) is 0 Å². The lowest BCUT2D eigenvalue weighted by molar-refractivity contribution is 0.970. The zero-order valence-corrected chi connectivity index (χ0v) is 16.3. The molecule has 3 aromatic heterocycles. The summed E-state index contributed by atoms with van der Waals surface area (Å²) < 4.78 is 1.72. The fraction of sp³-hybridized carbons (Fsp3) is 0.0526. The maximum atomic E-state index is 6.68. The van der Waals surface area contributed by atoms with Gasteiger partial charge in [-0.3, -0.25) is 4.98 Å². The van der Waals surface area contributed by atoms with Crippen molar-refractivity contribution < 1.29 is 0 Å². The molecule has 0 bridgehead atoms. The summed E-state index contributed by atoms with van der Waals surface area (Å²) in [4.78, 5) is 5.28. The number of fused-ring (bicyclic) bond motifs is 2. The Morgan fingerprint density at radius 2 is 1.81 bits per heavy atom. The number of aryl methyl sites for hydroxylation is 1. The number of aromatic nitrogens is 5. The second kappa shape index (κ2) is 6.27. The summed E-state index contributed by atoms with van der Waals surface area (Å²) in [6.45, 7) is 2.02. The fourth-order valence-electron chi connectivity index (χ4n) is 2.99. The van der Waals surface area contributed by atoms with E-state index in [9.17, 15) is 0 Å². The minimum absolute atomic E-state index is 0.640. The van der Waals surface area contributed by atoms with E-state index in [-0.39, 0.29) is 0 Å². The van der Waals surface area contributed by atoms with E-state index in [1.165, 1.54) is 11.3 Å². The highest BCUT2D eigenvalue weighted by Crippen LogP contribution is 2.36. The number of hydrogen-bond acceptors (Lipinski definition) is 5. The van der Waals surface area contributed by atoms with Crippen LogP contribution in [0.2, 0.25) is 10.0 Å². The van der Waals surface area contributed by atoms with E-state index >= 15 is 0 Å². The summed E-state index contributed by atoms with van der Waals surface area (Å²) in [5.41, 5.74) is 3.66. The van der Waals surface area contributed by atoms with Crippen LogP contribution in [0.5, 0.6) is 0 Å². The standard InChI is InChI=1S/C19H11Cl2N5S/c1-10-3-2-4-13-15(21)14(9-22-16(10)13)18-25-26-17(23-24-19(26)27-18)11-5-7-12(20)8-6-11/h2-9H,1H3. The summed E-state index contributed by atoms with van der Waals surface area (Å²) in [6.07, 6.45) is 1.77. The van der Waals surface area contributed by atoms with Crippen molar-refractivity contribution in [2.75, 3.05) is 0 Å². The van der Waals surface area contributed by atoms with Crippen LogP contribution in [0.1, 0.15) is 5.56 Å². The Labute approximate surface area is 168 Å². The van der Waals surface area contributed by atoms with Crippen molar-refractivity contribution in [2.45, 2.75) is 6.92 Å². The molecule has 0 aliphatic heterocycles. The maximum Gasteiger partial charge on any atom is 0.235 e. The first-order valence-electron chi connectivity index (χ1n) is 8.14. The number of nitrogens with zero attached hydrogens (tertiary/aromatic N) is 5. The summed E-state index contributed by atoms with van der Waals surface area (Å²) in [5.74, 6) is 0.657. The number of hydrogen-bond donors (Lipinski definition) is 0. The van der Waals surface area contributed by atoms with Gasteiger partial charge in [-0.1, -0.05) is 52.7 Å². The topological polar surface area (TPSA) is 56.0 Å². The Morgan fingerprint density at radius 1 is 1.00 bits per heavy atom. The summed E-state index contributed by atoms with van der Waals surface area (Å²) in [5, 5.41) is 16.1. The van der Waals surface area contributed by atoms with Crippen molar-refractivity contribution in [3.05, 3.63) is 64.3 Å². The van der Waals surface area contributed by atoms with Gasteiger partial charge < -0.3 is 0 Å². The highest BCUT2D eigenvalue weighted by atomic mass is 35.5. The van der Waals surface area contributed by atoms with Gasteiger partial charge in [0.25, 0.3) is 0 Å². The third kappa shape index (κ3) is 2.68. The first-order chi connectivity index (χ1) is 13.1. The van der Waals surface area contributed by atoms with Crippen LogP contribution in [0.3, 0.4) is 0 Å². The van der Waals surface area contributed by atoms with E-state index in [4.69, 9.17) is 23.2 Å². The predicted molar refractivity (Wildman–Crippen MR) is 110 cm³/mol. The minimum atomic E-state index is 0.640. The Kier molecular flexibility index (Phi) is 3.86. The normalized spacial score (nSPS) is 11.5. The van der Waals surface area contributed by atoms with Crippen molar-refractivity contribution in [1.82, 2.24) is 24.8 Å². The molecule has 0 saturated carbocycles. The van der Waals surface area contributed by atoms with E-state index in [2.05, 4.69) is 20.3 Å². The number of halogens is 2. The smallest absolute Gasteiger partial charge is 0.235 e. The summed E-state index contributed by atoms with van der Waals surface area (Å²) in [6, 6.07) is 13.4. The van der Waals surface area contributed by atoms with Crippen LogP contribution < -0.4 is 0 Å². The molecule has 8 heteroatoms. The van der Waals surface area contributed by atoms with E-state index in [1.54, 1.807) is 10.7 Å². The van der Waals surface area contributed by atoms with Crippen LogP contribution in [0, 0.1) is 6.92 Å². The highest BCUT2D eigenvalue weighted by molar-refractivity contribution is 7.19. The van der Waals surface area contributed by atoms with Gasteiger partial charge in [0.05, 0.1) is 16.1 Å². The number of rotatable bonds is 2. The number of benzene rings is 2. The van der Waals surface area contributed by atoms with Crippen LogP contribution >= 0.6 is 34.5 Å². The van der Waals surface area contributed by atoms with Crippen LogP contribution in [-0.4, -0.2) is 24.8 Å². The monoisotopic (exact) mass is 411 g/mol. The molecular formula is C19H11Cl2N5S. The lowest BCUT2D eigenvalue weighted by Crippen LogP contribution is -1.92. The number of pyridine rings is 1. The zero-order valence-electron chi connectivity index (χ0n) is 14.0. The van der Waals surface area contributed by atoms with Gasteiger partial charge in [-0.15, -0.1) is 10.2 Å². The third-order valence-corrected chi connectivity index (χ3v) is 5.95. The molecule has 0 atom stereocenters. The molecule has 3 heterocycles. The lowest BCUT2D eigenvalue weighted by Gasteiger charge is -2.06. The van der Waals surface area contributed by atoms with Crippen molar-refractivity contribution in [2.24, 2.45) is 0 Å². The predicted octanol–water partition coefficient (Wildman–Crippen LogP) is 5.68. The summed E-state index contributed by atoms with van der Waals surface area (Å²) in [7, 11) is 0. The van der Waals surface area contributed by atoms with Gasteiger partial charge in [-0.05, 0) is 36.8 Å². The van der Waals surface area contributed by atoms with Crippen molar-refractivity contribution in [3.63, 3.8) is 0 Å². The molecule has 5 nitrogen and oxygen atoms in total. The largest absolute Gasteiger partial charge is 0.255 e. The van der Waals surface area contributed by atoms with E-state index in [0.717, 1.165) is 32.6 Å². The lowest BCUT2D eigenvalue weighted by atomic mass is 10.1. The molecule has 0 fully saturated rings. The second-order valence-electron chi connectivity index (χ2n) is 6.09. The van der Waals surface area contributed by atoms with Crippen molar-refractivity contribution >= 4 is 50.4 Å².